The Hall–Kier alpha value is -2.25. The minimum atomic E-state index is -0.502. The van der Waals surface area contributed by atoms with Crippen LogP contribution in [0.25, 0.3) is 5.82 Å². The van der Waals surface area contributed by atoms with E-state index in [1.54, 1.807) is 30.6 Å². The van der Waals surface area contributed by atoms with Crippen molar-refractivity contribution in [1.82, 2.24) is 14.8 Å². The average Bonchev–Trinajstić information content (AvgIpc) is 3.07. The molecular formula is C15H9BrClFN4O. The molecular weight excluding hydrogens is 387 g/mol. The summed E-state index contributed by atoms with van der Waals surface area (Å²) in [5, 5.41) is 6.81. The Morgan fingerprint density at radius 3 is 2.87 bits per heavy atom. The number of nitrogens with one attached hydrogen (secondary N) is 1. The molecule has 0 fully saturated rings. The second-order valence-electron chi connectivity index (χ2n) is 4.55. The van der Waals surface area contributed by atoms with Crippen molar-refractivity contribution in [2.75, 3.05) is 5.32 Å². The third-order valence-corrected chi connectivity index (χ3v) is 3.93. The Morgan fingerprint density at radius 1 is 1.30 bits per heavy atom. The molecule has 2 aromatic heterocycles. The maximum absolute atomic E-state index is 13.4. The number of nitrogens with zero attached hydrogens (tertiary/aromatic N) is 3. The fourth-order valence-electron chi connectivity index (χ4n) is 1.90. The third-order valence-electron chi connectivity index (χ3n) is 3.00. The number of benzene rings is 1. The Balaban J connectivity index is 1.87. The van der Waals surface area contributed by atoms with Crippen molar-refractivity contribution in [2.45, 2.75) is 0 Å². The molecule has 0 aliphatic heterocycles. The van der Waals surface area contributed by atoms with Crippen LogP contribution in [0.2, 0.25) is 5.02 Å². The van der Waals surface area contributed by atoms with Gasteiger partial charge in [0.05, 0.1) is 15.2 Å². The topological polar surface area (TPSA) is 59.8 Å². The second-order valence-corrected chi connectivity index (χ2v) is 5.82. The van der Waals surface area contributed by atoms with Crippen molar-refractivity contribution in [1.29, 1.82) is 0 Å². The molecule has 0 saturated carbocycles. The van der Waals surface area contributed by atoms with Crippen molar-refractivity contribution < 1.29 is 9.18 Å². The van der Waals surface area contributed by atoms with Gasteiger partial charge in [0.25, 0.3) is 5.91 Å². The molecule has 0 unspecified atom stereocenters. The van der Waals surface area contributed by atoms with Crippen LogP contribution in [0.15, 0.2) is 53.4 Å². The van der Waals surface area contributed by atoms with Crippen LogP contribution in [0.1, 0.15) is 10.4 Å². The molecule has 0 aliphatic rings. The first kappa shape index (κ1) is 15.6. The van der Waals surface area contributed by atoms with Crippen LogP contribution in [0.3, 0.4) is 0 Å². The summed E-state index contributed by atoms with van der Waals surface area (Å²) in [6, 6.07) is 7.45. The normalized spacial score (nSPS) is 10.6. The van der Waals surface area contributed by atoms with Crippen LogP contribution in [0.5, 0.6) is 0 Å². The molecule has 0 atom stereocenters. The highest BCUT2D eigenvalue weighted by molar-refractivity contribution is 9.10. The molecule has 0 bridgehead atoms. The Kier molecular flexibility index (Phi) is 4.40. The van der Waals surface area contributed by atoms with Crippen LogP contribution < -0.4 is 5.32 Å². The van der Waals surface area contributed by atoms with Crippen molar-refractivity contribution in [2.24, 2.45) is 0 Å². The Labute approximate surface area is 144 Å². The molecule has 1 aromatic carbocycles. The van der Waals surface area contributed by atoms with Gasteiger partial charge < -0.3 is 5.32 Å². The van der Waals surface area contributed by atoms with Crippen molar-refractivity contribution in [3.63, 3.8) is 0 Å². The van der Waals surface area contributed by atoms with E-state index in [1.807, 2.05) is 0 Å². The summed E-state index contributed by atoms with van der Waals surface area (Å²) < 4.78 is 15.1. The lowest BCUT2D eigenvalue weighted by Crippen LogP contribution is -2.13. The molecule has 0 saturated heterocycles. The van der Waals surface area contributed by atoms with E-state index in [2.05, 4.69) is 31.3 Å². The third kappa shape index (κ3) is 3.40. The van der Waals surface area contributed by atoms with Crippen LogP contribution in [-0.4, -0.2) is 20.7 Å². The lowest BCUT2D eigenvalue weighted by molar-refractivity contribution is 0.102. The minimum Gasteiger partial charge on any atom is -0.321 e. The number of rotatable bonds is 3. The van der Waals surface area contributed by atoms with E-state index in [4.69, 9.17) is 11.6 Å². The molecule has 0 aliphatic carbocycles. The average molecular weight is 396 g/mol. The summed E-state index contributed by atoms with van der Waals surface area (Å²) in [6.45, 7) is 0. The van der Waals surface area contributed by atoms with Crippen LogP contribution in [0.4, 0.5) is 10.1 Å². The van der Waals surface area contributed by atoms with Crippen LogP contribution >= 0.6 is 27.5 Å². The molecule has 0 spiro atoms. The molecule has 2 heterocycles. The smallest absolute Gasteiger partial charge is 0.255 e. The van der Waals surface area contributed by atoms with E-state index in [-0.39, 0.29) is 15.4 Å². The van der Waals surface area contributed by atoms with Gasteiger partial charge in [-0.15, -0.1) is 0 Å². The lowest BCUT2D eigenvalue weighted by atomic mass is 10.2. The fraction of sp³-hybridized carbons (Fsp3) is 0. The van der Waals surface area contributed by atoms with E-state index in [9.17, 15) is 9.18 Å². The zero-order chi connectivity index (χ0) is 16.4. The van der Waals surface area contributed by atoms with Gasteiger partial charge in [0.1, 0.15) is 5.82 Å². The SMILES string of the molecule is O=C(Nc1cc(Br)c(F)cc1Cl)c1ccnc(-n2cccn2)c1. The number of hydrogen-bond donors (Lipinski definition) is 1. The van der Waals surface area contributed by atoms with Gasteiger partial charge in [-0.1, -0.05) is 11.6 Å². The summed E-state index contributed by atoms with van der Waals surface area (Å²) in [6.07, 6.45) is 4.84. The monoisotopic (exact) mass is 394 g/mol. The zero-order valence-corrected chi connectivity index (χ0v) is 13.8. The standard InChI is InChI=1S/C15H9BrClFN4O/c16-10-7-13(11(17)8-12(10)18)21-15(23)9-2-4-19-14(6-9)22-5-1-3-20-22/h1-8H,(H,21,23). The first-order valence-corrected chi connectivity index (χ1v) is 7.63. The van der Waals surface area contributed by atoms with Gasteiger partial charge in [0.2, 0.25) is 0 Å². The highest BCUT2D eigenvalue weighted by Gasteiger charge is 2.12. The van der Waals surface area contributed by atoms with E-state index < -0.39 is 5.82 Å². The molecule has 5 nitrogen and oxygen atoms in total. The summed E-state index contributed by atoms with van der Waals surface area (Å²) in [5.41, 5.74) is 0.685. The van der Waals surface area contributed by atoms with Crippen molar-refractivity contribution >= 4 is 39.1 Å². The summed E-state index contributed by atoms with van der Waals surface area (Å²) in [7, 11) is 0. The molecule has 1 N–H and O–H groups in total. The molecule has 23 heavy (non-hydrogen) atoms. The number of hydrogen-bond acceptors (Lipinski definition) is 3. The maximum Gasteiger partial charge on any atom is 0.255 e. The molecule has 116 valence electrons. The lowest BCUT2D eigenvalue weighted by Gasteiger charge is -2.09. The Morgan fingerprint density at radius 2 is 2.13 bits per heavy atom. The van der Waals surface area contributed by atoms with Crippen LogP contribution in [-0.2, 0) is 0 Å². The maximum atomic E-state index is 13.4. The number of carbonyl (C=O) groups excluding carboxylic acids is 1. The first-order chi connectivity index (χ1) is 11.0. The predicted octanol–water partition coefficient (Wildman–Crippen LogP) is 4.07. The molecule has 3 rings (SSSR count). The predicted molar refractivity (Wildman–Crippen MR) is 88.4 cm³/mol. The van der Waals surface area contributed by atoms with Crippen molar-refractivity contribution in [3.8, 4) is 5.82 Å². The minimum absolute atomic E-state index is 0.111. The first-order valence-electron chi connectivity index (χ1n) is 6.46. The molecule has 1 amide bonds. The second kappa shape index (κ2) is 6.47. The van der Waals surface area contributed by atoms with Gasteiger partial charge in [-0.3, -0.25) is 4.79 Å². The highest BCUT2D eigenvalue weighted by atomic mass is 79.9. The highest BCUT2D eigenvalue weighted by Crippen LogP contribution is 2.29. The zero-order valence-electron chi connectivity index (χ0n) is 11.5. The van der Waals surface area contributed by atoms with E-state index in [0.717, 1.165) is 6.07 Å². The van der Waals surface area contributed by atoms with E-state index in [1.165, 1.54) is 16.9 Å². The summed E-state index contributed by atoms with van der Waals surface area (Å²) >= 11 is 9.00. The fourth-order valence-corrected chi connectivity index (χ4v) is 2.44. The number of amides is 1. The quantitative estimate of drug-likeness (QED) is 0.680. The van der Waals surface area contributed by atoms with Gasteiger partial charge in [-0.25, -0.2) is 14.1 Å². The number of anilines is 1. The van der Waals surface area contributed by atoms with E-state index >= 15 is 0 Å². The molecule has 0 radical (unpaired) electrons. The largest absolute Gasteiger partial charge is 0.321 e. The Bertz CT molecular complexity index is 870. The number of aromatic nitrogens is 3. The van der Waals surface area contributed by atoms with Crippen LogP contribution in [0, 0.1) is 5.82 Å². The number of halogens is 3. The van der Waals surface area contributed by atoms with E-state index in [0.29, 0.717) is 17.1 Å². The summed E-state index contributed by atoms with van der Waals surface area (Å²) in [4.78, 5) is 16.5. The number of pyridine rings is 1. The molecule has 8 heteroatoms. The van der Waals surface area contributed by atoms with Crippen molar-refractivity contribution in [3.05, 3.63) is 69.8 Å². The molecule has 3 aromatic rings. The van der Waals surface area contributed by atoms with Gasteiger partial charge in [0.15, 0.2) is 5.82 Å². The van der Waals surface area contributed by atoms with Gasteiger partial charge in [0, 0.05) is 24.2 Å². The number of carbonyl (C=O) groups is 1. The van der Waals surface area contributed by atoms with Gasteiger partial charge >= 0.3 is 0 Å². The van der Waals surface area contributed by atoms with Gasteiger partial charge in [-0.05, 0) is 46.3 Å². The van der Waals surface area contributed by atoms with Gasteiger partial charge in [-0.2, -0.15) is 5.10 Å². The summed E-state index contributed by atoms with van der Waals surface area (Å²) in [5.74, 6) is -0.381.